The van der Waals surface area contributed by atoms with Crippen LogP contribution in [0.25, 0.3) is 10.2 Å². The number of esters is 1. The predicted molar refractivity (Wildman–Crippen MR) is 107 cm³/mol. The molecule has 0 unspecified atom stereocenters. The van der Waals surface area contributed by atoms with Gasteiger partial charge in [-0.3, -0.25) is 18.7 Å². The topological polar surface area (TPSA) is 99.4 Å². The Bertz CT molecular complexity index is 1140. The molecule has 2 heterocycles. The maximum atomic E-state index is 12.7. The van der Waals surface area contributed by atoms with Crippen LogP contribution in [0.4, 0.5) is 5.69 Å². The third-order valence-corrected chi connectivity index (χ3v) is 5.07. The molecule has 0 aliphatic heterocycles. The number of carbonyl (C=O) groups excluding carboxylic acids is 2. The lowest BCUT2D eigenvalue weighted by Crippen LogP contribution is -2.41. The SMILES string of the molecule is CCCn1c(=O)c2sccc2n(CC(=O)Nc2ccc(C(=O)OC)cc2)c1=O. The van der Waals surface area contributed by atoms with Crippen LogP contribution in [-0.2, 0) is 22.6 Å². The van der Waals surface area contributed by atoms with E-state index in [1.807, 2.05) is 6.92 Å². The number of fused-ring (bicyclic) bond motifs is 1. The standard InChI is InChI=1S/C19H19N3O5S/c1-3-9-21-17(24)16-14(8-10-28-16)22(19(21)26)11-15(23)20-13-6-4-12(5-7-13)18(25)27-2/h4-8,10H,3,9,11H2,1-2H3,(H,20,23). The smallest absolute Gasteiger partial charge is 0.337 e. The third kappa shape index (κ3) is 3.74. The van der Waals surface area contributed by atoms with E-state index in [1.54, 1.807) is 23.6 Å². The van der Waals surface area contributed by atoms with Gasteiger partial charge in [0.15, 0.2) is 0 Å². The zero-order valence-corrected chi connectivity index (χ0v) is 16.2. The molecule has 1 amide bonds. The minimum atomic E-state index is -0.506. The van der Waals surface area contributed by atoms with Gasteiger partial charge in [0, 0.05) is 12.2 Å². The molecule has 0 saturated heterocycles. The number of hydrogen-bond donors (Lipinski definition) is 1. The largest absolute Gasteiger partial charge is 0.465 e. The molecular formula is C19H19N3O5S. The molecule has 0 saturated carbocycles. The molecule has 0 atom stereocenters. The quantitative estimate of drug-likeness (QED) is 0.638. The lowest BCUT2D eigenvalue weighted by atomic mass is 10.2. The van der Waals surface area contributed by atoms with Crippen molar-refractivity contribution in [1.82, 2.24) is 9.13 Å². The first-order chi connectivity index (χ1) is 13.5. The number of aromatic nitrogens is 2. The van der Waals surface area contributed by atoms with Crippen molar-refractivity contribution < 1.29 is 14.3 Å². The molecule has 3 rings (SSSR count). The molecule has 0 bridgehead atoms. The van der Waals surface area contributed by atoms with E-state index in [-0.39, 0.29) is 12.1 Å². The second-order valence-electron chi connectivity index (χ2n) is 6.08. The van der Waals surface area contributed by atoms with Gasteiger partial charge >= 0.3 is 11.7 Å². The van der Waals surface area contributed by atoms with Crippen molar-refractivity contribution in [3.05, 3.63) is 62.1 Å². The van der Waals surface area contributed by atoms with Crippen molar-refractivity contribution in [3.8, 4) is 0 Å². The van der Waals surface area contributed by atoms with Gasteiger partial charge in [-0.15, -0.1) is 11.3 Å². The van der Waals surface area contributed by atoms with Crippen molar-refractivity contribution in [3.63, 3.8) is 0 Å². The summed E-state index contributed by atoms with van der Waals surface area (Å²) in [6.07, 6.45) is 0.630. The van der Waals surface area contributed by atoms with Gasteiger partial charge in [-0.05, 0) is 42.1 Å². The van der Waals surface area contributed by atoms with E-state index in [0.717, 1.165) is 4.57 Å². The van der Waals surface area contributed by atoms with E-state index in [4.69, 9.17) is 0 Å². The summed E-state index contributed by atoms with van der Waals surface area (Å²) in [5.41, 5.74) is 0.460. The van der Waals surface area contributed by atoms with Crippen molar-refractivity contribution >= 4 is 39.1 Å². The second kappa shape index (κ2) is 8.22. The predicted octanol–water partition coefficient (Wildman–Crippen LogP) is 2.06. The van der Waals surface area contributed by atoms with Crippen LogP contribution in [0.5, 0.6) is 0 Å². The lowest BCUT2D eigenvalue weighted by Gasteiger charge is -2.12. The first kappa shape index (κ1) is 19.6. The van der Waals surface area contributed by atoms with E-state index < -0.39 is 17.6 Å². The summed E-state index contributed by atoms with van der Waals surface area (Å²) in [7, 11) is 1.29. The number of benzene rings is 1. The van der Waals surface area contributed by atoms with Gasteiger partial charge in [-0.25, -0.2) is 9.59 Å². The molecule has 3 aromatic rings. The van der Waals surface area contributed by atoms with Crippen molar-refractivity contribution in [2.75, 3.05) is 12.4 Å². The summed E-state index contributed by atoms with van der Waals surface area (Å²) in [6.45, 7) is 1.94. The number of thiophene rings is 1. The molecule has 0 spiro atoms. The molecule has 1 N–H and O–H groups in total. The Labute approximate surface area is 164 Å². The molecule has 9 heteroatoms. The van der Waals surface area contributed by atoms with Gasteiger partial charge in [0.1, 0.15) is 11.2 Å². The van der Waals surface area contributed by atoms with Gasteiger partial charge in [0.2, 0.25) is 5.91 Å². The fourth-order valence-electron chi connectivity index (χ4n) is 2.86. The third-order valence-electron chi connectivity index (χ3n) is 4.18. The van der Waals surface area contributed by atoms with Crippen LogP contribution in [0.3, 0.4) is 0 Å². The number of amides is 1. The maximum Gasteiger partial charge on any atom is 0.337 e. The number of methoxy groups -OCH3 is 1. The summed E-state index contributed by atoms with van der Waals surface area (Å²) in [5.74, 6) is -0.885. The number of ether oxygens (including phenoxy) is 1. The second-order valence-corrected chi connectivity index (χ2v) is 6.99. The van der Waals surface area contributed by atoms with Crippen LogP contribution >= 0.6 is 11.3 Å². The number of rotatable bonds is 6. The van der Waals surface area contributed by atoms with Gasteiger partial charge in [-0.1, -0.05) is 6.92 Å². The summed E-state index contributed by atoms with van der Waals surface area (Å²) in [4.78, 5) is 49.1. The van der Waals surface area contributed by atoms with Crippen molar-refractivity contribution in [2.45, 2.75) is 26.4 Å². The molecule has 8 nitrogen and oxygen atoms in total. The summed E-state index contributed by atoms with van der Waals surface area (Å²) < 4.78 is 7.55. The highest BCUT2D eigenvalue weighted by Gasteiger charge is 2.16. The molecule has 0 aliphatic rings. The number of carbonyl (C=O) groups is 2. The Morgan fingerprint density at radius 2 is 1.82 bits per heavy atom. The molecule has 0 fully saturated rings. The van der Waals surface area contributed by atoms with Gasteiger partial charge in [0.05, 0.1) is 18.2 Å². The number of anilines is 1. The number of nitrogens with one attached hydrogen (secondary N) is 1. The van der Waals surface area contributed by atoms with E-state index in [2.05, 4.69) is 10.1 Å². The maximum absolute atomic E-state index is 12.7. The Morgan fingerprint density at radius 1 is 1.11 bits per heavy atom. The Morgan fingerprint density at radius 3 is 2.46 bits per heavy atom. The zero-order valence-electron chi connectivity index (χ0n) is 15.4. The monoisotopic (exact) mass is 401 g/mol. The van der Waals surface area contributed by atoms with Crippen LogP contribution in [0.15, 0.2) is 45.3 Å². The van der Waals surface area contributed by atoms with E-state index >= 15 is 0 Å². The van der Waals surface area contributed by atoms with Crippen LogP contribution < -0.4 is 16.6 Å². The Kier molecular flexibility index (Phi) is 5.74. The highest BCUT2D eigenvalue weighted by molar-refractivity contribution is 7.17. The van der Waals surface area contributed by atoms with Gasteiger partial charge in [-0.2, -0.15) is 0 Å². The van der Waals surface area contributed by atoms with Gasteiger partial charge in [0.25, 0.3) is 5.56 Å². The molecule has 0 aliphatic carbocycles. The van der Waals surface area contributed by atoms with Crippen LogP contribution in [0.2, 0.25) is 0 Å². The van der Waals surface area contributed by atoms with Gasteiger partial charge < -0.3 is 10.1 Å². The molecule has 0 radical (unpaired) electrons. The zero-order chi connectivity index (χ0) is 20.3. The summed E-state index contributed by atoms with van der Waals surface area (Å²) >= 11 is 1.25. The van der Waals surface area contributed by atoms with Crippen LogP contribution in [0.1, 0.15) is 23.7 Å². The molecular weight excluding hydrogens is 382 g/mol. The average Bonchev–Trinajstić information content (AvgIpc) is 3.18. The first-order valence-electron chi connectivity index (χ1n) is 8.65. The minimum absolute atomic E-state index is 0.227. The minimum Gasteiger partial charge on any atom is -0.465 e. The summed E-state index contributed by atoms with van der Waals surface area (Å²) in [6, 6.07) is 7.88. The average molecular weight is 401 g/mol. The molecule has 146 valence electrons. The van der Waals surface area contributed by atoms with Crippen molar-refractivity contribution in [2.24, 2.45) is 0 Å². The normalized spacial score (nSPS) is 10.8. The Balaban J connectivity index is 1.87. The summed E-state index contributed by atoms with van der Waals surface area (Å²) in [5, 5.41) is 4.41. The van der Waals surface area contributed by atoms with Crippen LogP contribution in [-0.4, -0.2) is 28.1 Å². The van der Waals surface area contributed by atoms with E-state index in [0.29, 0.717) is 34.4 Å². The van der Waals surface area contributed by atoms with E-state index in [9.17, 15) is 19.2 Å². The highest BCUT2D eigenvalue weighted by Crippen LogP contribution is 2.16. The molecule has 28 heavy (non-hydrogen) atoms. The first-order valence-corrected chi connectivity index (χ1v) is 9.53. The highest BCUT2D eigenvalue weighted by atomic mass is 32.1. The number of hydrogen-bond acceptors (Lipinski definition) is 6. The fraction of sp³-hybridized carbons (Fsp3) is 0.263. The van der Waals surface area contributed by atoms with E-state index in [1.165, 1.54) is 35.1 Å². The number of nitrogens with zero attached hydrogens (tertiary/aromatic N) is 2. The molecule has 2 aromatic heterocycles. The van der Waals surface area contributed by atoms with Crippen LogP contribution in [0, 0.1) is 0 Å². The molecule has 1 aromatic carbocycles. The Hall–Kier alpha value is -3.20. The fourth-order valence-corrected chi connectivity index (χ4v) is 3.70. The van der Waals surface area contributed by atoms with Crippen molar-refractivity contribution in [1.29, 1.82) is 0 Å². The lowest BCUT2D eigenvalue weighted by molar-refractivity contribution is -0.116.